The minimum atomic E-state index is -4.62. The third kappa shape index (κ3) is 5.68. The summed E-state index contributed by atoms with van der Waals surface area (Å²) in [5.74, 6) is -1.80. The number of carbonyl (C=O) groups excluding carboxylic acids is 2. The molecular weight excluding hydrogens is 505 g/mol. The normalized spacial score (nSPS) is 15.8. The van der Waals surface area contributed by atoms with E-state index in [0.29, 0.717) is 17.4 Å². The van der Waals surface area contributed by atoms with Crippen molar-refractivity contribution in [3.05, 3.63) is 92.3 Å². The Balaban J connectivity index is 1.78. The highest BCUT2D eigenvalue weighted by Gasteiger charge is 2.33. The smallest absolute Gasteiger partial charge is 0.416 e. The van der Waals surface area contributed by atoms with Crippen LogP contribution in [0.3, 0.4) is 0 Å². The van der Waals surface area contributed by atoms with Crippen LogP contribution in [0, 0.1) is 5.92 Å². The summed E-state index contributed by atoms with van der Waals surface area (Å²) in [5, 5.41) is 4.07. The Hall–Kier alpha value is -4.22. The number of alkyl halides is 3. The van der Waals surface area contributed by atoms with Crippen molar-refractivity contribution in [2.24, 2.45) is 5.92 Å². The van der Waals surface area contributed by atoms with Crippen molar-refractivity contribution in [3.8, 4) is 5.69 Å². The number of likely N-dealkylation sites (tertiary alicyclic amines) is 1. The molecule has 9 nitrogen and oxygen atoms in total. The summed E-state index contributed by atoms with van der Waals surface area (Å²) < 4.78 is 46.3. The predicted molar refractivity (Wildman–Crippen MR) is 130 cm³/mol. The number of esters is 1. The summed E-state index contributed by atoms with van der Waals surface area (Å²) in [6.45, 7) is 1.62. The van der Waals surface area contributed by atoms with Gasteiger partial charge in [-0.15, -0.1) is 0 Å². The van der Waals surface area contributed by atoms with Crippen LogP contribution in [-0.2, 0) is 22.3 Å². The number of piperidine rings is 1. The first-order valence-electron chi connectivity index (χ1n) is 12.0. The number of para-hydroxylation sites is 1. The molecule has 1 fully saturated rings. The SMILES string of the molecule is CCOC(=O)[C@@H]1CCCN(C(=O)c2nn(-c3ccccc3)c(=O)n(Cc3cccc(C(F)(F)F)c3)c2=O)C1. The number of ether oxygens (including phenoxy) is 1. The van der Waals surface area contributed by atoms with E-state index in [-0.39, 0.29) is 30.9 Å². The molecule has 0 radical (unpaired) electrons. The average molecular weight is 531 g/mol. The highest BCUT2D eigenvalue weighted by molar-refractivity contribution is 5.92. The van der Waals surface area contributed by atoms with E-state index in [0.717, 1.165) is 16.8 Å². The number of halogens is 3. The highest BCUT2D eigenvalue weighted by atomic mass is 19.4. The summed E-state index contributed by atoms with van der Waals surface area (Å²) in [5.41, 5.74) is -3.17. The third-order valence-electron chi connectivity index (χ3n) is 6.19. The molecule has 0 aliphatic carbocycles. The molecule has 0 bridgehead atoms. The molecule has 2 aromatic carbocycles. The molecular formula is C26H25F3N4O5. The Morgan fingerprint density at radius 1 is 1.08 bits per heavy atom. The van der Waals surface area contributed by atoms with Gasteiger partial charge in [0.1, 0.15) is 0 Å². The zero-order chi connectivity index (χ0) is 27.4. The second-order valence-corrected chi connectivity index (χ2v) is 8.81. The summed E-state index contributed by atoms with van der Waals surface area (Å²) in [6, 6.07) is 12.3. The topological polar surface area (TPSA) is 104 Å². The first-order chi connectivity index (χ1) is 18.1. The number of rotatable bonds is 6. The maximum Gasteiger partial charge on any atom is 0.416 e. The molecule has 4 rings (SSSR count). The van der Waals surface area contributed by atoms with Crippen LogP contribution < -0.4 is 11.2 Å². The van der Waals surface area contributed by atoms with E-state index in [1.165, 1.54) is 17.0 Å². The molecule has 0 saturated carbocycles. The van der Waals surface area contributed by atoms with Gasteiger partial charge in [-0.05, 0) is 49.6 Å². The molecule has 3 aromatic rings. The Morgan fingerprint density at radius 3 is 2.50 bits per heavy atom. The number of hydrogen-bond donors (Lipinski definition) is 0. The summed E-state index contributed by atoms with van der Waals surface area (Å²) >= 11 is 0. The molecule has 1 aliphatic heterocycles. The van der Waals surface area contributed by atoms with Crippen LogP contribution in [0.4, 0.5) is 13.2 Å². The lowest BCUT2D eigenvalue weighted by Gasteiger charge is -2.31. The molecule has 1 aliphatic rings. The van der Waals surface area contributed by atoms with Gasteiger partial charge in [-0.2, -0.15) is 23.0 Å². The van der Waals surface area contributed by atoms with E-state index in [2.05, 4.69) is 5.10 Å². The number of hydrogen-bond acceptors (Lipinski definition) is 6. The van der Waals surface area contributed by atoms with E-state index in [1.807, 2.05) is 0 Å². The molecule has 12 heteroatoms. The van der Waals surface area contributed by atoms with Crippen LogP contribution in [0.25, 0.3) is 5.69 Å². The minimum Gasteiger partial charge on any atom is -0.466 e. The van der Waals surface area contributed by atoms with Crippen molar-refractivity contribution in [2.45, 2.75) is 32.5 Å². The van der Waals surface area contributed by atoms with Gasteiger partial charge in [-0.1, -0.05) is 30.3 Å². The Labute approximate surface area is 215 Å². The molecule has 0 N–H and O–H groups in total. The lowest BCUT2D eigenvalue weighted by Crippen LogP contribution is -2.49. The maximum atomic E-state index is 13.5. The fourth-order valence-electron chi connectivity index (χ4n) is 4.32. The van der Waals surface area contributed by atoms with Gasteiger partial charge in [0.05, 0.1) is 30.3 Å². The van der Waals surface area contributed by atoms with Gasteiger partial charge >= 0.3 is 17.8 Å². The number of aromatic nitrogens is 3. The van der Waals surface area contributed by atoms with Crippen molar-refractivity contribution >= 4 is 11.9 Å². The molecule has 1 aromatic heterocycles. The van der Waals surface area contributed by atoms with E-state index >= 15 is 0 Å². The van der Waals surface area contributed by atoms with Gasteiger partial charge in [0.15, 0.2) is 0 Å². The summed E-state index contributed by atoms with van der Waals surface area (Å²) in [6.07, 6.45) is -3.61. The van der Waals surface area contributed by atoms with Gasteiger partial charge in [-0.25, -0.2) is 4.79 Å². The van der Waals surface area contributed by atoms with Crippen LogP contribution in [-0.4, -0.2) is 50.8 Å². The Bertz CT molecular complexity index is 1450. The fraction of sp³-hybridized carbons (Fsp3) is 0.346. The standard InChI is InChI=1S/C26H25F3N4O5/c1-2-38-24(36)18-9-7-13-31(16-18)22(34)21-23(35)32(15-17-8-6-10-19(14-17)26(27,28)29)25(37)33(30-21)20-11-4-3-5-12-20/h3-6,8,10-12,14,18H,2,7,9,13,15-16H2,1H3/t18-/m1/s1. The van der Waals surface area contributed by atoms with Gasteiger partial charge in [0, 0.05) is 13.1 Å². The fourth-order valence-corrected chi connectivity index (χ4v) is 4.32. The van der Waals surface area contributed by atoms with E-state index in [4.69, 9.17) is 4.74 Å². The summed E-state index contributed by atoms with van der Waals surface area (Å²) in [7, 11) is 0. The zero-order valence-corrected chi connectivity index (χ0v) is 20.5. The van der Waals surface area contributed by atoms with E-state index < -0.39 is 53.0 Å². The lowest BCUT2D eigenvalue weighted by atomic mass is 9.98. The summed E-state index contributed by atoms with van der Waals surface area (Å²) in [4.78, 5) is 53.7. The first kappa shape index (κ1) is 26.8. The second-order valence-electron chi connectivity index (χ2n) is 8.81. The highest BCUT2D eigenvalue weighted by Crippen LogP contribution is 2.29. The maximum absolute atomic E-state index is 13.5. The zero-order valence-electron chi connectivity index (χ0n) is 20.5. The van der Waals surface area contributed by atoms with Crippen LogP contribution >= 0.6 is 0 Å². The van der Waals surface area contributed by atoms with Gasteiger partial charge < -0.3 is 9.64 Å². The number of carbonyl (C=O) groups is 2. The Kier molecular flexibility index (Phi) is 7.79. The van der Waals surface area contributed by atoms with Gasteiger partial charge in [0.25, 0.3) is 11.5 Å². The lowest BCUT2D eigenvalue weighted by molar-refractivity contribution is -0.149. The van der Waals surface area contributed by atoms with E-state index in [9.17, 15) is 32.3 Å². The number of amides is 1. The first-order valence-corrected chi connectivity index (χ1v) is 12.0. The molecule has 0 unspecified atom stereocenters. The molecule has 38 heavy (non-hydrogen) atoms. The van der Waals surface area contributed by atoms with Gasteiger partial charge in [-0.3, -0.25) is 19.0 Å². The number of nitrogens with zero attached hydrogens (tertiary/aromatic N) is 4. The molecule has 1 atom stereocenters. The van der Waals surface area contributed by atoms with Gasteiger partial charge in [0.2, 0.25) is 5.69 Å². The molecule has 2 heterocycles. The molecule has 1 saturated heterocycles. The molecule has 1 amide bonds. The molecule has 200 valence electrons. The average Bonchev–Trinajstić information content (AvgIpc) is 2.91. The minimum absolute atomic E-state index is 0.0108. The van der Waals surface area contributed by atoms with Crippen LogP contribution in [0.2, 0.25) is 0 Å². The monoisotopic (exact) mass is 530 g/mol. The Morgan fingerprint density at radius 2 is 1.82 bits per heavy atom. The third-order valence-corrected chi connectivity index (χ3v) is 6.19. The van der Waals surface area contributed by atoms with Crippen molar-refractivity contribution in [2.75, 3.05) is 19.7 Å². The largest absolute Gasteiger partial charge is 0.466 e. The van der Waals surface area contributed by atoms with Crippen LogP contribution in [0.15, 0.2) is 64.2 Å². The quantitative estimate of drug-likeness (QED) is 0.454. The van der Waals surface area contributed by atoms with E-state index in [1.54, 1.807) is 37.3 Å². The van der Waals surface area contributed by atoms with Crippen molar-refractivity contribution in [3.63, 3.8) is 0 Å². The van der Waals surface area contributed by atoms with Crippen molar-refractivity contribution < 1.29 is 27.5 Å². The van der Waals surface area contributed by atoms with Crippen molar-refractivity contribution in [1.82, 2.24) is 19.2 Å². The predicted octanol–water partition coefficient (Wildman–Crippen LogP) is 2.88. The van der Waals surface area contributed by atoms with Crippen LogP contribution in [0.5, 0.6) is 0 Å². The van der Waals surface area contributed by atoms with Crippen molar-refractivity contribution in [1.29, 1.82) is 0 Å². The molecule has 0 spiro atoms. The second kappa shape index (κ2) is 11.0. The number of benzene rings is 2. The van der Waals surface area contributed by atoms with Crippen LogP contribution in [0.1, 0.15) is 41.4 Å².